The van der Waals surface area contributed by atoms with Crippen molar-refractivity contribution in [3.63, 3.8) is 0 Å². The first kappa shape index (κ1) is 17.7. The number of rotatable bonds is 5. The minimum absolute atomic E-state index is 0.0700. The van der Waals surface area contributed by atoms with Crippen LogP contribution in [0.3, 0.4) is 0 Å². The molecule has 3 aromatic rings. The van der Waals surface area contributed by atoms with Crippen molar-refractivity contribution in [1.29, 1.82) is 0 Å². The number of carbonyl (C=O) groups is 2. The molecule has 142 valence electrons. The number of pyridine rings is 1. The van der Waals surface area contributed by atoms with Crippen LogP contribution in [0.5, 0.6) is 0 Å². The number of fused-ring (bicyclic) bond motifs is 1. The van der Waals surface area contributed by atoms with Gasteiger partial charge in [-0.05, 0) is 23.3 Å². The van der Waals surface area contributed by atoms with E-state index in [2.05, 4.69) is 20.7 Å². The molecule has 1 aliphatic rings. The number of aromatic nitrogens is 3. The molecule has 0 saturated heterocycles. The molecule has 28 heavy (non-hydrogen) atoms. The molecule has 0 spiro atoms. The first-order chi connectivity index (χ1) is 13.6. The maximum atomic E-state index is 12.6. The summed E-state index contributed by atoms with van der Waals surface area (Å²) >= 11 is 0. The molecular weight excluding hydrogens is 356 g/mol. The van der Waals surface area contributed by atoms with Crippen molar-refractivity contribution in [2.24, 2.45) is 0 Å². The molecule has 8 heteroatoms. The number of nitrogens with one attached hydrogen (secondary N) is 2. The largest absolute Gasteiger partial charge is 0.359 e. The molecule has 0 saturated carbocycles. The van der Waals surface area contributed by atoms with Crippen molar-refractivity contribution in [1.82, 2.24) is 20.1 Å². The number of amides is 2. The molecule has 0 aliphatic carbocycles. The minimum Gasteiger partial charge on any atom is -0.359 e. The molecule has 0 fully saturated rings. The van der Waals surface area contributed by atoms with Crippen LogP contribution in [-0.4, -0.2) is 40.2 Å². The molecule has 2 amide bonds. The number of benzene rings is 1. The predicted octanol–water partition coefficient (Wildman–Crippen LogP) is 1.64. The zero-order valence-electron chi connectivity index (χ0n) is 15.4. The summed E-state index contributed by atoms with van der Waals surface area (Å²) < 4.78 is 1.84. The molecule has 4 rings (SSSR count). The van der Waals surface area contributed by atoms with Crippen LogP contribution in [0, 0.1) is 0 Å². The lowest BCUT2D eigenvalue weighted by Crippen LogP contribution is -2.37. The van der Waals surface area contributed by atoms with Gasteiger partial charge in [0, 0.05) is 32.2 Å². The van der Waals surface area contributed by atoms with Crippen molar-refractivity contribution < 1.29 is 9.59 Å². The highest BCUT2D eigenvalue weighted by Crippen LogP contribution is 2.27. The summed E-state index contributed by atoms with van der Waals surface area (Å²) in [4.78, 5) is 30.3. The van der Waals surface area contributed by atoms with Gasteiger partial charge in [0.2, 0.25) is 5.91 Å². The van der Waals surface area contributed by atoms with Crippen molar-refractivity contribution in [2.75, 3.05) is 23.8 Å². The molecular formula is C20H20N6O2. The molecule has 0 radical (unpaired) electrons. The normalized spacial score (nSPS) is 13.0. The molecule has 1 aliphatic heterocycles. The first-order valence-electron chi connectivity index (χ1n) is 8.94. The Morgan fingerprint density at radius 1 is 1.25 bits per heavy atom. The Hall–Kier alpha value is -3.68. The second-order valence-corrected chi connectivity index (χ2v) is 6.55. The van der Waals surface area contributed by atoms with E-state index in [1.165, 1.54) is 11.1 Å². The van der Waals surface area contributed by atoms with Gasteiger partial charge in [0.15, 0.2) is 0 Å². The van der Waals surface area contributed by atoms with Crippen molar-refractivity contribution in [3.8, 4) is 0 Å². The van der Waals surface area contributed by atoms with Crippen LogP contribution in [0.4, 0.5) is 11.5 Å². The van der Waals surface area contributed by atoms with Crippen LogP contribution in [0.1, 0.15) is 21.5 Å². The Bertz CT molecular complexity index is 1020. The van der Waals surface area contributed by atoms with Gasteiger partial charge in [-0.2, -0.15) is 5.10 Å². The second kappa shape index (κ2) is 7.51. The molecule has 0 atom stereocenters. The summed E-state index contributed by atoms with van der Waals surface area (Å²) in [6.07, 6.45) is 5.16. The fraction of sp³-hybridized carbons (Fsp3) is 0.200. The third-order valence-electron chi connectivity index (χ3n) is 4.72. The molecule has 1 aromatic carbocycles. The highest BCUT2D eigenvalue weighted by molar-refractivity contribution is 6.03. The highest BCUT2D eigenvalue weighted by atomic mass is 16.2. The Kier molecular flexibility index (Phi) is 4.76. The smallest absolute Gasteiger partial charge is 0.253 e. The number of hydrogen-bond donors (Lipinski definition) is 2. The van der Waals surface area contributed by atoms with E-state index in [4.69, 9.17) is 0 Å². The van der Waals surface area contributed by atoms with Crippen molar-refractivity contribution in [3.05, 3.63) is 71.7 Å². The lowest BCUT2D eigenvalue weighted by Gasteiger charge is -2.26. The number of carbonyl (C=O) groups excluding carboxylic acids is 2. The van der Waals surface area contributed by atoms with Gasteiger partial charge in [-0.3, -0.25) is 14.3 Å². The predicted molar refractivity (Wildman–Crippen MR) is 105 cm³/mol. The summed E-state index contributed by atoms with van der Waals surface area (Å²) in [5.41, 5.74) is 3.12. The summed E-state index contributed by atoms with van der Waals surface area (Å²) in [5, 5.41) is 10.1. The molecule has 2 N–H and O–H groups in total. The van der Waals surface area contributed by atoms with E-state index in [0.717, 1.165) is 11.1 Å². The lowest BCUT2D eigenvalue weighted by atomic mass is 10.1. The molecule has 8 nitrogen and oxygen atoms in total. The monoisotopic (exact) mass is 376 g/mol. The van der Waals surface area contributed by atoms with Crippen molar-refractivity contribution >= 4 is 23.3 Å². The van der Waals surface area contributed by atoms with Crippen LogP contribution in [0.25, 0.3) is 0 Å². The number of anilines is 2. The van der Waals surface area contributed by atoms with E-state index in [9.17, 15) is 9.59 Å². The quantitative estimate of drug-likeness (QED) is 0.706. The molecule has 2 aromatic heterocycles. The van der Waals surface area contributed by atoms with Crippen LogP contribution in [0.2, 0.25) is 0 Å². The summed E-state index contributed by atoms with van der Waals surface area (Å²) in [7, 11) is 1.68. The van der Waals surface area contributed by atoms with Crippen LogP contribution in [0.15, 0.2) is 55.0 Å². The van der Waals surface area contributed by atoms with Gasteiger partial charge < -0.3 is 15.5 Å². The van der Waals surface area contributed by atoms with Gasteiger partial charge in [-0.25, -0.2) is 4.98 Å². The van der Waals surface area contributed by atoms with Crippen LogP contribution < -0.4 is 15.5 Å². The number of likely N-dealkylation sites (N-methyl/N-ethyl adjacent to an activating group) is 1. The van der Waals surface area contributed by atoms with E-state index in [-0.39, 0.29) is 18.4 Å². The Morgan fingerprint density at radius 3 is 2.86 bits per heavy atom. The standard InChI is InChI=1S/C20H20N6O2/c1-25-17-9-16(11-21-19(17)22-12-18(25)27)20(28)23-10-14-5-2-3-6-15(14)13-26-8-4-7-24-26/h2-9,11H,10,12-13H2,1H3,(H,21,22)(H,23,28). The van der Waals surface area contributed by atoms with Gasteiger partial charge in [0.1, 0.15) is 5.82 Å². The second-order valence-electron chi connectivity index (χ2n) is 6.55. The molecule has 3 heterocycles. The van der Waals surface area contributed by atoms with E-state index >= 15 is 0 Å². The molecule has 0 unspecified atom stereocenters. The van der Waals surface area contributed by atoms with E-state index < -0.39 is 0 Å². The SMILES string of the molecule is CN1C(=O)CNc2ncc(C(=O)NCc3ccccc3Cn3cccn3)cc21. The summed E-state index contributed by atoms with van der Waals surface area (Å²) in [6, 6.07) is 11.5. The van der Waals surface area contributed by atoms with E-state index in [1.807, 2.05) is 41.2 Å². The Morgan fingerprint density at radius 2 is 2.07 bits per heavy atom. The van der Waals surface area contributed by atoms with Gasteiger partial charge in [-0.15, -0.1) is 0 Å². The maximum absolute atomic E-state index is 12.6. The lowest BCUT2D eigenvalue weighted by molar-refractivity contribution is -0.116. The molecule has 0 bridgehead atoms. The fourth-order valence-electron chi connectivity index (χ4n) is 3.11. The average molecular weight is 376 g/mol. The minimum atomic E-state index is -0.240. The van der Waals surface area contributed by atoms with E-state index in [1.54, 1.807) is 19.3 Å². The van der Waals surface area contributed by atoms with Gasteiger partial charge >= 0.3 is 0 Å². The summed E-state index contributed by atoms with van der Waals surface area (Å²) in [6.45, 7) is 1.23. The highest BCUT2D eigenvalue weighted by Gasteiger charge is 2.22. The van der Waals surface area contributed by atoms with Gasteiger partial charge in [0.05, 0.1) is 24.3 Å². The Labute approximate surface area is 162 Å². The van der Waals surface area contributed by atoms with Crippen molar-refractivity contribution in [2.45, 2.75) is 13.1 Å². The van der Waals surface area contributed by atoms with Crippen LogP contribution >= 0.6 is 0 Å². The first-order valence-corrected chi connectivity index (χ1v) is 8.94. The zero-order chi connectivity index (χ0) is 19.5. The zero-order valence-corrected chi connectivity index (χ0v) is 15.4. The van der Waals surface area contributed by atoms with Gasteiger partial charge in [-0.1, -0.05) is 24.3 Å². The average Bonchev–Trinajstić information content (AvgIpc) is 3.23. The third kappa shape index (κ3) is 3.57. The summed E-state index contributed by atoms with van der Waals surface area (Å²) in [5.74, 6) is 0.290. The van der Waals surface area contributed by atoms with E-state index in [0.29, 0.717) is 30.2 Å². The number of nitrogens with zero attached hydrogens (tertiary/aromatic N) is 4. The van der Waals surface area contributed by atoms with Crippen LogP contribution in [-0.2, 0) is 17.9 Å². The van der Waals surface area contributed by atoms with Gasteiger partial charge in [0.25, 0.3) is 5.91 Å². The topological polar surface area (TPSA) is 92.1 Å². The third-order valence-corrected chi connectivity index (χ3v) is 4.72. The Balaban J connectivity index is 1.48. The number of hydrogen-bond acceptors (Lipinski definition) is 5. The fourth-order valence-corrected chi connectivity index (χ4v) is 3.11. The maximum Gasteiger partial charge on any atom is 0.253 e.